The van der Waals surface area contributed by atoms with E-state index in [9.17, 15) is 9.59 Å². The van der Waals surface area contributed by atoms with Gasteiger partial charge in [-0.3, -0.25) is 9.59 Å². The summed E-state index contributed by atoms with van der Waals surface area (Å²) in [5, 5.41) is 8.75. The quantitative estimate of drug-likeness (QED) is 0.909. The summed E-state index contributed by atoms with van der Waals surface area (Å²) in [6.45, 7) is 2.49. The van der Waals surface area contributed by atoms with Gasteiger partial charge >= 0.3 is 0 Å². The van der Waals surface area contributed by atoms with Gasteiger partial charge < -0.3 is 10.6 Å². The summed E-state index contributed by atoms with van der Waals surface area (Å²) in [4.78, 5) is 28.5. The number of hydrogen-bond donors (Lipinski definition) is 2. The Morgan fingerprint density at radius 3 is 3.05 bits per heavy atom. The van der Waals surface area contributed by atoms with Gasteiger partial charge in [0.25, 0.3) is 0 Å². The minimum Gasteiger partial charge on any atom is -0.355 e. The van der Waals surface area contributed by atoms with E-state index in [-0.39, 0.29) is 18.2 Å². The van der Waals surface area contributed by atoms with E-state index in [1.807, 2.05) is 36.6 Å². The predicted molar refractivity (Wildman–Crippen MR) is 86.0 cm³/mol. The fourth-order valence-corrected chi connectivity index (χ4v) is 3.25. The summed E-state index contributed by atoms with van der Waals surface area (Å²) in [5.74, 6) is -0.634. The Labute approximate surface area is 132 Å². The van der Waals surface area contributed by atoms with Gasteiger partial charge in [-0.2, -0.15) is 0 Å². The second-order valence-electron chi connectivity index (χ2n) is 5.29. The molecule has 1 aliphatic heterocycles. The molecule has 1 unspecified atom stereocenters. The zero-order valence-electron chi connectivity index (χ0n) is 12.3. The van der Waals surface area contributed by atoms with Crippen molar-refractivity contribution in [2.24, 2.45) is 0 Å². The van der Waals surface area contributed by atoms with Gasteiger partial charge in [-0.1, -0.05) is 18.2 Å². The van der Waals surface area contributed by atoms with E-state index in [4.69, 9.17) is 0 Å². The maximum atomic E-state index is 12.4. The maximum Gasteiger partial charge on any atom is 0.228 e. The van der Waals surface area contributed by atoms with Crippen LogP contribution in [-0.2, 0) is 16.0 Å². The van der Waals surface area contributed by atoms with E-state index in [0.29, 0.717) is 13.0 Å². The van der Waals surface area contributed by atoms with Crippen molar-refractivity contribution in [3.05, 3.63) is 45.9 Å². The molecule has 0 bridgehead atoms. The second kappa shape index (κ2) is 6.27. The second-order valence-corrected chi connectivity index (χ2v) is 6.35. The number of hydrogen-bond acceptors (Lipinski definition) is 4. The Bertz CT molecular complexity index is 711. The molecule has 0 saturated heterocycles. The largest absolute Gasteiger partial charge is 0.355 e. The summed E-state index contributed by atoms with van der Waals surface area (Å²) < 4.78 is 0. The van der Waals surface area contributed by atoms with Gasteiger partial charge in [0.2, 0.25) is 11.8 Å². The van der Waals surface area contributed by atoms with Gasteiger partial charge in [0.15, 0.2) is 0 Å². The lowest BCUT2D eigenvalue weighted by Gasteiger charge is -2.24. The van der Waals surface area contributed by atoms with Crippen LogP contribution in [0.1, 0.15) is 28.6 Å². The number of nitrogens with zero attached hydrogens (tertiary/aromatic N) is 1. The molecule has 0 spiro atoms. The highest BCUT2D eigenvalue weighted by molar-refractivity contribution is 7.09. The topological polar surface area (TPSA) is 71.1 Å². The van der Waals surface area contributed by atoms with Crippen molar-refractivity contribution in [1.82, 2.24) is 10.3 Å². The molecule has 0 radical (unpaired) electrons. The van der Waals surface area contributed by atoms with E-state index in [0.717, 1.165) is 22.0 Å². The third kappa shape index (κ3) is 3.17. The molecule has 1 atom stereocenters. The van der Waals surface area contributed by atoms with Crippen LogP contribution in [0, 0.1) is 6.92 Å². The lowest BCUT2D eigenvalue weighted by molar-refractivity contribution is -0.126. The van der Waals surface area contributed by atoms with Gasteiger partial charge in [-0.15, -0.1) is 11.3 Å². The summed E-state index contributed by atoms with van der Waals surface area (Å²) in [6, 6.07) is 7.45. The third-order valence-electron chi connectivity index (χ3n) is 3.66. The molecule has 2 heterocycles. The molecule has 3 rings (SSSR count). The first kappa shape index (κ1) is 14.7. The standard InChI is InChI=1S/C16H17N3O2S/c1-10-18-11(9-22-10)6-7-17-16(21)13-8-15(20)19-14-5-3-2-4-12(13)14/h2-5,9,13H,6-8H2,1H3,(H,17,21)(H,19,20). The molecule has 114 valence electrons. The molecular weight excluding hydrogens is 298 g/mol. The highest BCUT2D eigenvalue weighted by Crippen LogP contribution is 2.31. The zero-order valence-corrected chi connectivity index (χ0v) is 13.1. The van der Waals surface area contributed by atoms with E-state index in [2.05, 4.69) is 15.6 Å². The molecule has 0 aliphatic carbocycles. The molecule has 1 aromatic heterocycles. The van der Waals surface area contributed by atoms with Crippen LogP contribution in [-0.4, -0.2) is 23.3 Å². The molecule has 0 saturated carbocycles. The van der Waals surface area contributed by atoms with Crippen LogP contribution in [0.5, 0.6) is 0 Å². The molecule has 2 N–H and O–H groups in total. The first-order valence-corrected chi connectivity index (χ1v) is 8.09. The van der Waals surface area contributed by atoms with E-state index >= 15 is 0 Å². The van der Waals surface area contributed by atoms with Crippen molar-refractivity contribution in [1.29, 1.82) is 0 Å². The Hall–Kier alpha value is -2.21. The summed E-state index contributed by atoms with van der Waals surface area (Å²) in [6.07, 6.45) is 0.898. The number of thiazole rings is 1. The van der Waals surface area contributed by atoms with Crippen molar-refractivity contribution in [2.45, 2.75) is 25.7 Å². The number of carbonyl (C=O) groups is 2. The number of amides is 2. The van der Waals surface area contributed by atoms with Crippen LogP contribution in [0.15, 0.2) is 29.6 Å². The molecule has 1 aromatic carbocycles. The van der Waals surface area contributed by atoms with Gasteiger partial charge in [0, 0.05) is 30.5 Å². The minimum atomic E-state index is -0.415. The van der Waals surface area contributed by atoms with Gasteiger partial charge in [-0.25, -0.2) is 4.98 Å². The monoisotopic (exact) mass is 315 g/mol. The summed E-state index contributed by atoms with van der Waals surface area (Å²) in [7, 11) is 0. The van der Waals surface area contributed by atoms with Crippen molar-refractivity contribution in [3.8, 4) is 0 Å². The first-order chi connectivity index (χ1) is 10.6. The highest BCUT2D eigenvalue weighted by atomic mass is 32.1. The number of anilines is 1. The highest BCUT2D eigenvalue weighted by Gasteiger charge is 2.30. The number of aryl methyl sites for hydroxylation is 1. The smallest absolute Gasteiger partial charge is 0.228 e. The molecule has 5 nitrogen and oxygen atoms in total. The van der Waals surface area contributed by atoms with Crippen molar-refractivity contribution in [3.63, 3.8) is 0 Å². The summed E-state index contributed by atoms with van der Waals surface area (Å²) >= 11 is 1.61. The van der Waals surface area contributed by atoms with Gasteiger partial charge in [-0.05, 0) is 18.6 Å². The average Bonchev–Trinajstić information content (AvgIpc) is 2.91. The molecule has 1 aliphatic rings. The molecule has 22 heavy (non-hydrogen) atoms. The number of carbonyl (C=O) groups excluding carboxylic acids is 2. The predicted octanol–water partition coefficient (Wildman–Crippen LogP) is 2.24. The number of nitrogens with one attached hydrogen (secondary N) is 2. The zero-order chi connectivity index (χ0) is 15.5. The average molecular weight is 315 g/mol. The lowest BCUT2D eigenvalue weighted by atomic mass is 9.90. The van der Waals surface area contributed by atoms with E-state index < -0.39 is 5.92 Å². The summed E-state index contributed by atoms with van der Waals surface area (Å²) in [5.41, 5.74) is 2.60. The third-order valence-corrected chi connectivity index (χ3v) is 4.49. The number of aromatic nitrogens is 1. The number of benzene rings is 1. The molecule has 6 heteroatoms. The van der Waals surface area contributed by atoms with Crippen LogP contribution in [0.25, 0.3) is 0 Å². The lowest BCUT2D eigenvalue weighted by Crippen LogP contribution is -2.35. The normalized spacial score (nSPS) is 16.8. The van der Waals surface area contributed by atoms with Crippen LogP contribution < -0.4 is 10.6 Å². The Morgan fingerprint density at radius 2 is 2.27 bits per heavy atom. The maximum absolute atomic E-state index is 12.4. The van der Waals surface area contributed by atoms with Crippen molar-refractivity contribution < 1.29 is 9.59 Å². The van der Waals surface area contributed by atoms with Crippen molar-refractivity contribution in [2.75, 3.05) is 11.9 Å². The molecule has 0 fully saturated rings. The van der Waals surface area contributed by atoms with Gasteiger partial charge in [0.05, 0.1) is 16.6 Å². The van der Waals surface area contributed by atoms with Gasteiger partial charge in [0.1, 0.15) is 0 Å². The van der Waals surface area contributed by atoms with Crippen molar-refractivity contribution >= 4 is 28.8 Å². The van der Waals surface area contributed by atoms with Crippen LogP contribution >= 0.6 is 11.3 Å². The minimum absolute atomic E-state index is 0.103. The van der Waals surface area contributed by atoms with E-state index in [1.54, 1.807) is 11.3 Å². The molecule has 2 aromatic rings. The van der Waals surface area contributed by atoms with Crippen LogP contribution in [0.2, 0.25) is 0 Å². The Kier molecular flexibility index (Phi) is 4.20. The number of para-hydroxylation sites is 1. The first-order valence-electron chi connectivity index (χ1n) is 7.21. The number of fused-ring (bicyclic) bond motifs is 1. The van der Waals surface area contributed by atoms with E-state index in [1.165, 1.54) is 0 Å². The van der Waals surface area contributed by atoms with Crippen LogP contribution in [0.4, 0.5) is 5.69 Å². The fourth-order valence-electron chi connectivity index (χ4n) is 2.61. The Morgan fingerprint density at radius 1 is 1.45 bits per heavy atom. The van der Waals surface area contributed by atoms with Crippen LogP contribution in [0.3, 0.4) is 0 Å². The fraction of sp³-hybridized carbons (Fsp3) is 0.312. The Balaban J connectivity index is 1.63. The molecule has 2 amide bonds. The SMILES string of the molecule is Cc1nc(CCNC(=O)C2CC(=O)Nc3ccccc32)cs1. The molecular formula is C16H17N3O2S. The number of rotatable bonds is 4.